The summed E-state index contributed by atoms with van der Waals surface area (Å²) in [7, 11) is 1.60. The van der Waals surface area contributed by atoms with Gasteiger partial charge in [0.2, 0.25) is 0 Å². The molecular formula is C10H22O5Si2. The van der Waals surface area contributed by atoms with Gasteiger partial charge in [-0.1, -0.05) is 6.58 Å². The highest BCUT2D eigenvalue weighted by molar-refractivity contribution is 6.60. The van der Waals surface area contributed by atoms with Gasteiger partial charge in [0.15, 0.2) is 0 Å². The second-order valence-electron chi connectivity index (χ2n) is 3.54. The van der Waals surface area contributed by atoms with Crippen molar-refractivity contribution in [3.63, 3.8) is 0 Å². The van der Waals surface area contributed by atoms with Gasteiger partial charge < -0.3 is 18.0 Å². The Kier molecular flexibility index (Phi) is 8.35. The first-order valence-corrected chi connectivity index (χ1v) is 8.92. The van der Waals surface area contributed by atoms with E-state index in [-0.39, 0.29) is 5.97 Å². The maximum atomic E-state index is 11.1. The highest BCUT2D eigenvalue weighted by atomic mass is 28.4. The molecule has 0 atom stereocenters. The molecule has 17 heavy (non-hydrogen) atoms. The van der Waals surface area contributed by atoms with Crippen molar-refractivity contribution < 1.29 is 22.8 Å². The molecule has 0 saturated heterocycles. The standard InChI is InChI=1S/C10H22O5Si2/c1-9(2)10(11)14-6-5-7-17(12-3,13-4)15-8-16/h1,5-8H2,2-4,16H3. The van der Waals surface area contributed by atoms with E-state index >= 15 is 0 Å². The van der Waals surface area contributed by atoms with Gasteiger partial charge in [0, 0.05) is 42.3 Å². The van der Waals surface area contributed by atoms with Crippen LogP contribution in [-0.4, -0.2) is 52.1 Å². The first-order chi connectivity index (χ1) is 8.01. The van der Waals surface area contributed by atoms with E-state index in [9.17, 15) is 4.79 Å². The molecule has 0 fully saturated rings. The van der Waals surface area contributed by atoms with Gasteiger partial charge in [-0.15, -0.1) is 0 Å². The lowest BCUT2D eigenvalue weighted by Gasteiger charge is -2.25. The molecule has 0 radical (unpaired) electrons. The van der Waals surface area contributed by atoms with Crippen LogP contribution in [0.1, 0.15) is 13.3 Å². The van der Waals surface area contributed by atoms with Crippen LogP contribution in [0.5, 0.6) is 0 Å². The minimum absolute atomic E-state index is 0.331. The summed E-state index contributed by atoms with van der Waals surface area (Å²) in [5.74, 6) is -0.365. The summed E-state index contributed by atoms with van der Waals surface area (Å²) in [4.78, 5) is 11.1. The Morgan fingerprint density at radius 3 is 2.35 bits per heavy atom. The van der Waals surface area contributed by atoms with Gasteiger partial charge in [0.05, 0.1) is 6.61 Å². The fourth-order valence-electron chi connectivity index (χ4n) is 1.27. The van der Waals surface area contributed by atoms with Crippen molar-refractivity contribution in [2.24, 2.45) is 0 Å². The van der Waals surface area contributed by atoms with E-state index in [0.717, 1.165) is 10.2 Å². The predicted octanol–water partition coefficient (Wildman–Crippen LogP) is 0.0670. The minimum atomic E-state index is -2.52. The van der Waals surface area contributed by atoms with Crippen LogP contribution in [-0.2, 0) is 22.8 Å². The Morgan fingerprint density at radius 2 is 1.94 bits per heavy atom. The van der Waals surface area contributed by atoms with E-state index in [1.165, 1.54) is 0 Å². The van der Waals surface area contributed by atoms with Crippen LogP contribution in [0.2, 0.25) is 6.04 Å². The number of hydrogen-bond donors (Lipinski definition) is 0. The topological polar surface area (TPSA) is 54.0 Å². The maximum Gasteiger partial charge on any atom is 0.500 e. The van der Waals surface area contributed by atoms with Crippen LogP contribution in [0.25, 0.3) is 0 Å². The Balaban J connectivity index is 3.98. The lowest BCUT2D eigenvalue weighted by molar-refractivity contribution is -0.139. The van der Waals surface area contributed by atoms with Crippen LogP contribution in [0, 0.1) is 0 Å². The Hall–Kier alpha value is -0.476. The molecule has 0 unspecified atom stereocenters. The Morgan fingerprint density at radius 1 is 1.35 bits per heavy atom. The number of esters is 1. The van der Waals surface area contributed by atoms with Gasteiger partial charge in [-0.2, -0.15) is 0 Å². The van der Waals surface area contributed by atoms with Crippen LogP contribution in [0.4, 0.5) is 0 Å². The molecule has 5 nitrogen and oxygen atoms in total. The van der Waals surface area contributed by atoms with E-state index in [4.69, 9.17) is 18.0 Å². The number of carbonyl (C=O) groups excluding carboxylic acids is 1. The van der Waals surface area contributed by atoms with Crippen LogP contribution in [0.3, 0.4) is 0 Å². The zero-order chi connectivity index (χ0) is 13.3. The molecule has 0 amide bonds. The summed E-state index contributed by atoms with van der Waals surface area (Å²) >= 11 is 0. The van der Waals surface area contributed by atoms with Crippen LogP contribution >= 0.6 is 0 Å². The van der Waals surface area contributed by atoms with E-state index in [2.05, 4.69) is 6.58 Å². The highest BCUT2D eigenvalue weighted by Crippen LogP contribution is 2.15. The molecule has 0 aromatic rings. The van der Waals surface area contributed by atoms with E-state index in [1.54, 1.807) is 21.1 Å². The average Bonchev–Trinajstić information content (AvgIpc) is 2.32. The number of rotatable bonds is 9. The molecule has 0 spiro atoms. The first-order valence-electron chi connectivity index (χ1n) is 5.58. The Bertz CT molecular complexity index is 253. The molecule has 0 bridgehead atoms. The monoisotopic (exact) mass is 278 g/mol. The third-order valence-electron chi connectivity index (χ3n) is 2.20. The molecule has 0 N–H and O–H groups in total. The maximum absolute atomic E-state index is 11.1. The highest BCUT2D eigenvalue weighted by Gasteiger charge is 2.37. The zero-order valence-corrected chi connectivity index (χ0v) is 14.1. The summed E-state index contributed by atoms with van der Waals surface area (Å²) in [5, 5.41) is 0. The van der Waals surface area contributed by atoms with Crippen molar-refractivity contribution in [2.75, 3.05) is 27.1 Å². The van der Waals surface area contributed by atoms with Crippen molar-refractivity contribution in [1.29, 1.82) is 0 Å². The van der Waals surface area contributed by atoms with Gasteiger partial charge >= 0.3 is 14.8 Å². The third kappa shape index (κ3) is 6.13. The van der Waals surface area contributed by atoms with Crippen molar-refractivity contribution >= 4 is 25.0 Å². The number of hydrogen-bond acceptors (Lipinski definition) is 5. The molecule has 0 aliphatic carbocycles. The summed E-state index contributed by atoms with van der Waals surface area (Å²) in [6.07, 6.45) is 1.34. The molecule has 0 saturated carbocycles. The third-order valence-corrected chi connectivity index (χ3v) is 6.00. The minimum Gasteiger partial charge on any atom is -0.462 e. The molecule has 0 aromatic heterocycles. The first kappa shape index (κ1) is 16.5. The van der Waals surface area contributed by atoms with Gasteiger partial charge in [-0.3, -0.25) is 0 Å². The molecular weight excluding hydrogens is 256 g/mol. The molecule has 0 heterocycles. The van der Waals surface area contributed by atoms with E-state index in [1.807, 2.05) is 0 Å². The quantitative estimate of drug-likeness (QED) is 0.258. The normalized spacial score (nSPS) is 11.5. The van der Waals surface area contributed by atoms with Crippen LogP contribution in [0.15, 0.2) is 12.2 Å². The van der Waals surface area contributed by atoms with Crippen molar-refractivity contribution in [3.8, 4) is 0 Å². The van der Waals surface area contributed by atoms with Gasteiger partial charge in [-0.25, -0.2) is 4.79 Å². The van der Waals surface area contributed by atoms with Gasteiger partial charge in [0.1, 0.15) is 0 Å². The lowest BCUT2D eigenvalue weighted by Crippen LogP contribution is -2.44. The van der Waals surface area contributed by atoms with Crippen molar-refractivity contribution in [3.05, 3.63) is 12.2 Å². The largest absolute Gasteiger partial charge is 0.500 e. The van der Waals surface area contributed by atoms with Crippen LogP contribution < -0.4 is 0 Å². The molecule has 0 aliphatic heterocycles. The fraction of sp³-hybridized carbons (Fsp3) is 0.700. The van der Waals surface area contributed by atoms with Gasteiger partial charge in [-0.05, 0) is 13.3 Å². The molecule has 0 aliphatic rings. The molecule has 0 rings (SSSR count). The fourth-order valence-corrected chi connectivity index (χ4v) is 4.57. The van der Waals surface area contributed by atoms with Crippen molar-refractivity contribution in [2.45, 2.75) is 19.4 Å². The van der Waals surface area contributed by atoms with E-state index < -0.39 is 8.80 Å². The summed E-state index contributed by atoms with van der Waals surface area (Å²) in [6.45, 7) is 5.46. The summed E-state index contributed by atoms with van der Waals surface area (Å²) < 4.78 is 21.3. The molecule has 7 heteroatoms. The number of ether oxygens (including phenoxy) is 1. The SMILES string of the molecule is C=C(C)C(=O)OCCC[Si](OC)(OC)OC[SiH3]. The summed E-state index contributed by atoms with van der Waals surface area (Å²) in [6, 6.07) is 0.645. The second-order valence-corrected chi connectivity index (χ2v) is 7.09. The lowest BCUT2D eigenvalue weighted by atomic mass is 10.4. The zero-order valence-electron chi connectivity index (χ0n) is 11.1. The Labute approximate surface area is 107 Å². The smallest absolute Gasteiger partial charge is 0.462 e. The van der Waals surface area contributed by atoms with Gasteiger partial charge in [0.25, 0.3) is 0 Å². The molecule has 0 aromatic carbocycles. The number of carbonyl (C=O) groups is 1. The average molecular weight is 278 g/mol. The second kappa shape index (κ2) is 8.59. The summed E-state index contributed by atoms with van der Waals surface area (Å²) in [5.41, 5.74) is 0.405. The predicted molar refractivity (Wildman–Crippen MR) is 70.9 cm³/mol. The van der Waals surface area contributed by atoms with Crippen molar-refractivity contribution in [1.82, 2.24) is 0 Å². The van der Waals surface area contributed by atoms with E-state index in [0.29, 0.717) is 30.9 Å². The molecule has 100 valence electrons.